The van der Waals surface area contributed by atoms with Crippen LogP contribution in [0.4, 0.5) is 5.69 Å². The quantitative estimate of drug-likeness (QED) is 0.295. The van der Waals surface area contributed by atoms with Gasteiger partial charge < -0.3 is 15.8 Å². The van der Waals surface area contributed by atoms with Gasteiger partial charge in [-0.1, -0.05) is 12.1 Å². The second-order valence-electron chi connectivity index (χ2n) is 4.39. The molecule has 0 aromatic heterocycles. The molecule has 7 heteroatoms. The second kappa shape index (κ2) is 8.70. The number of ether oxygens (including phenoxy) is 1. The second-order valence-corrected chi connectivity index (χ2v) is 4.39. The molecule has 0 aliphatic heterocycles. The first-order chi connectivity index (χ1) is 10.0. The van der Waals surface area contributed by atoms with Gasteiger partial charge in [-0.05, 0) is 19.1 Å². The normalized spacial score (nSPS) is 11.0. The number of para-hydroxylation sites is 1. The van der Waals surface area contributed by atoms with E-state index in [1.54, 1.807) is 38.3 Å². The van der Waals surface area contributed by atoms with Gasteiger partial charge in [0, 0.05) is 25.1 Å². The Morgan fingerprint density at radius 1 is 1.33 bits per heavy atom. The van der Waals surface area contributed by atoms with Gasteiger partial charge in [0.1, 0.15) is 0 Å². The molecule has 0 fully saturated rings. The van der Waals surface area contributed by atoms with Crippen molar-refractivity contribution in [3.05, 3.63) is 29.8 Å². The number of rotatable bonds is 7. The summed E-state index contributed by atoms with van der Waals surface area (Å²) in [6.45, 7) is 2.55. The topological polar surface area (TPSA) is 106 Å². The van der Waals surface area contributed by atoms with Crippen molar-refractivity contribution >= 4 is 23.2 Å². The summed E-state index contributed by atoms with van der Waals surface area (Å²) in [6.07, 6.45) is 0.105. The minimum Gasteiger partial charge on any atom is -0.398 e. The van der Waals surface area contributed by atoms with Crippen LogP contribution in [0.1, 0.15) is 23.7 Å². The number of carbonyl (C=O) groups is 2. The van der Waals surface area contributed by atoms with Crippen LogP contribution in [0.2, 0.25) is 0 Å². The maximum atomic E-state index is 11.9. The number of hydrogen-bond donors (Lipinski definition) is 3. The molecule has 114 valence electrons. The maximum absolute atomic E-state index is 11.9. The highest BCUT2D eigenvalue weighted by molar-refractivity contribution is 6.02. The van der Waals surface area contributed by atoms with E-state index in [2.05, 4.69) is 15.8 Å². The Labute approximate surface area is 123 Å². The van der Waals surface area contributed by atoms with Crippen molar-refractivity contribution in [2.75, 3.05) is 26.0 Å². The number of methoxy groups -OCH3 is 1. The molecule has 1 aromatic rings. The molecule has 0 saturated carbocycles. The lowest BCUT2D eigenvalue weighted by molar-refractivity contribution is -0.120. The molecule has 0 heterocycles. The van der Waals surface area contributed by atoms with Crippen LogP contribution in [0.25, 0.3) is 0 Å². The summed E-state index contributed by atoms with van der Waals surface area (Å²) in [4.78, 5) is 23.4. The van der Waals surface area contributed by atoms with Gasteiger partial charge in [0.05, 0.1) is 18.6 Å². The van der Waals surface area contributed by atoms with Crippen molar-refractivity contribution < 1.29 is 14.3 Å². The number of anilines is 1. The molecular formula is C14H20N4O3. The third-order valence-corrected chi connectivity index (χ3v) is 2.60. The van der Waals surface area contributed by atoms with Crippen LogP contribution in [0, 0.1) is 0 Å². The largest absolute Gasteiger partial charge is 0.398 e. The molecule has 1 rings (SSSR count). The number of amides is 2. The SMILES string of the molecule is COCCNC(=O)CC(C)=NNC(=O)c1ccccc1N. The van der Waals surface area contributed by atoms with Gasteiger partial charge in [-0.15, -0.1) is 0 Å². The van der Waals surface area contributed by atoms with Crippen molar-refractivity contribution in [3.63, 3.8) is 0 Å². The van der Waals surface area contributed by atoms with Gasteiger partial charge >= 0.3 is 0 Å². The van der Waals surface area contributed by atoms with Crippen LogP contribution >= 0.6 is 0 Å². The van der Waals surface area contributed by atoms with Gasteiger partial charge in [0.2, 0.25) is 5.91 Å². The highest BCUT2D eigenvalue weighted by Gasteiger charge is 2.08. The van der Waals surface area contributed by atoms with E-state index >= 15 is 0 Å². The zero-order valence-corrected chi connectivity index (χ0v) is 12.2. The van der Waals surface area contributed by atoms with E-state index < -0.39 is 5.91 Å². The average molecular weight is 292 g/mol. The standard InChI is InChI=1S/C14H20N4O3/c1-10(9-13(19)16-7-8-21-2)17-18-14(20)11-5-3-4-6-12(11)15/h3-6H,7-9,15H2,1-2H3,(H,16,19)(H,18,20). The molecule has 0 aliphatic rings. The maximum Gasteiger partial charge on any atom is 0.273 e. The molecule has 4 N–H and O–H groups in total. The predicted molar refractivity (Wildman–Crippen MR) is 80.9 cm³/mol. The van der Waals surface area contributed by atoms with Crippen molar-refractivity contribution in [1.82, 2.24) is 10.7 Å². The Balaban J connectivity index is 2.46. The zero-order chi connectivity index (χ0) is 15.7. The molecule has 21 heavy (non-hydrogen) atoms. The summed E-state index contributed by atoms with van der Waals surface area (Å²) in [7, 11) is 1.56. The van der Waals surface area contributed by atoms with E-state index in [1.807, 2.05) is 0 Å². The van der Waals surface area contributed by atoms with Gasteiger partial charge in [0.25, 0.3) is 5.91 Å². The summed E-state index contributed by atoms with van der Waals surface area (Å²) >= 11 is 0. The fraction of sp³-hybridized carbons (Fsp3) is 0.357. The van der Waals surface area contributed by atoms with E-state index in [-0.39, 0.29) is 12.3 Å². The predicted octanol–water partition coefficient (Wildman–Crippen LogP) is 0.527. The number of hydrogen-bond acceptors (Lipinski definition) is 5. The first kappa shape index (κ1) is 16.6. The van der Waals surface area contributed by atoms with Crippen LogP contribution in [0.5, 0.6) is 0 Å². The van der Waals surface area contributed by atoms with E-state index in [1.165, 1.54) is 0 Å². The van der Waals surface area contributed by atoms with Gasteiger partial charge in [-0.3, -0.25) is 9.59 Å². The Morgan fingerprint density at radius 2 is 2.05 bits per heavy atom. The minimum absolute atomic E-state index is 0.105. The summed E-state index contributed by atoms with van der Waals surface area (Å²) in [5, 5.41) is 6.54. The summed E-state index contributed by atoms with van der Waals surface area (Å²) < 4.78 is 4.82. The lowest BCUT2D eigenvalue weighted by Gasteiger charge is -2.06. The molecular weight excluding hydrogens is 272 g/mol. The third kappa shape index (κ3) is 6.05. The van der Waals surface area contributed by atoms with Crippen LogP contribution in [-0.2, 0) is 9.53 Å². The first-order valence-corrected chi connectivity index (χ1v) is 6.48. The lowest BCUT2D eigenvalue weighted by atomic mass is 10.2. The number of nitrogen functional groups attached to an aromatic ring is 1. The summed E-state index contributed by atoms with van der Waals surface area (Å²) in [6, 6.07) is 6.69. The Hall–Kier alpha value is -2.41. The molecule has 0 unspecified atom stereocenters. The lowest BCUT2D eigenvalue weighted by Crippen LogP contribution is -2.29. The van der Waals surface area contributed by atoms with Crippen LogP contribution in [0.15, 0.2) is 29.4 Å². The van der Waals surface area contributed by atoms with E-state index in [0.29, 0.717) is 30.1 Å². The van der Waals surface area contributed by atoms with Crippen molar-refractivity contribution in [2.24, 2.45) is 5.10 Å². The number of carbonyl (C=O) groups excluding carboxylic acids is 2. The molecule has 0 aliphatic carbocycles. The van der Waals surface area contributed by atoms with Gasteiger partial charge in [0.15, 0.2) is 0 Å². The molecule has 0 radical (unpaired) electrons. The highest BCUT2D eigenvalue weighted by atomic mass is 16.5. The molecule has 0 saturated heterocycles. The molecule has 0 bridgehead atoms. The summed E-state index contributed by atoms with van der Waals surface area (Å²) in [5.41, 5.74) is 9.28. The van der Waals surface area contributed by atoms with Gasteiger partial charge in [-0.25, -0.2) is 5.43 Å². The van der Waals surface area contributed by atoms with Crippen molar-refractivity contribution in [3.8, 4) is 0 Å². The highest BCUT2D eigenvalue weighted by Crippen LogP contribution is 2.09. The average Bonchev–Trinajstić information content (AvgIpc) is 2.45. The molecule has 2 amide bonds. The fourth-order valence-corrected chi connectivity index (χ4v) is 1.54. The van der Waals surface area contributed by atoms with E-state index in [4.69, 9.17) is 10.5 Å². The molecule has 0 spiro atoms. The fourth-order valence-electron chi connectivity index (χ4n) is 1.54. The Morgan fingerprint density at radius 3 is 2.71 bits per heavy atom. The van der Waals surface area contributed by atoms with E-state index in [9.17, 15) is 9.59 Å². The van der Waals surface area contributed by atoms with Crippen LogP contribution < -0.4 is 16.5 Å². The number of benzene rings is 1. The number of nitrogens with one attached hydrogen (secondary N) is 2. The third-order valence-electron chi connectivity index (χ3n) is 2.60. The number of nitrogens with two attached hydrogens (primary N) is 1. The number of hydrazone groups is 1. The van der Waals surface area contributed by atoms with Crippen molar-refractivity contribution in [1.29, 1.82) is 0 Å². The minimum atomic E-state index is -0.410. The zero-order valence-electron chi connectivity index (χ0n) is 12.2. The Bertz CT molecular complexity index is 529. The number of nitrogens with zero attached hydrogens (tertiary/aromatic N) is 1. The molecule has 0 atom stereocenters. The van der Waals surface area contributed by atoms with Crippen molar-refractivity contribution in [2.45, 2.75) is 13.3 Å². The summed E-state index contributed by atoms with van der Waals surface area (Å²) in [5.74, 6) is -0.589. The Kier molecular flexibility index (Phi) is 6.90. The van der Waals surface area contributed by atoms with Gasteiger partial charge in [-0.2, -0.15) is 5.10 Å². The molecule has 7 nitrogen and oxygen atoms in total. The smallest absolute Gasteiger partial charge is 0.273 e. The monoisotopic (exact) mass is 292 g/mol. The van der Waals surface area contributed by atoms with Crippen LogP contribution in [0.3, 0.4) is 0 Å². The molecule has 1 aromatic carbocycles. The van der Waals surface area contributed by atoms with Crippen LogP contribution in [-0.4, -0.2) is 37.8 Å². The van der Waals surface area contributed by atoms with E-state index in [0.717, 1.165) is 0 Å². The first-order valence-electron chi connectivity index (χ1n) is 6.48.